The molecule has 12 heteroatoms. The van der Waals surface area contributed by atoms with E-state index >= 15 is 0 Å². The number of hydrogen-bond donors (Lipinski definition) is 3. The summed E-state index contributed by atoms with van der Waals surface area (Å²) in [5.41, 5.74) is -2.20. The minimum Gasteiger partial charge on any atom is -0.508 e. The van der Waals surface area contributed by atoms with E-state index in [0.717, 1.165) is 5.56 Å². The Kier molecular flexibility index (Phi) is 10.1. The zero-order valence-corrected chi connectivity index (χ0v) is 21.8. The van der Waals surface area contributed by atoms with Gasteiger partial charge in [-0.1, -0.05) is 41.4 Å². The Balaban J connectivity index is 1.70. The highest BCUT2D eigenvalue weighted by Gasteiger charge is 2.37. The Morgan fingerprint density at radius 1 is 0.821 bits per heavy atom. The summed E-state index contributed by atoms with van der Waals surface area (Å²) in [4.78, 5) is 12.7. The first kappa shape index (κ1) is 30.6. The quantitative estimate of drug-likeness (QED) is 0.169. The maximum Gasteiger partial charge on any atom is 0.416 e. The van der Waals surface area contributed by atoms with E-state index in [-0.39, 0.29) is 29.3 Å². The number of amides is 1. The summed E-state index contributed by atoms with van der Waals surface area (Å²) in [5.74, 6) is -1.28. The van der Waals surface area contributed by atoms with Gasteiger partial charge in [-0.15, -0.1) is 0 Å². The number of rotatable bonds is 10. The van der Waals surface area contributed by atoms with Crippen LogP contribution in [0.5, 0.6) is 5.75 Å². The van der Waals surface area contributed by atoms with Gasteiger partial charge in [0.1, 0.15) is 5.75 Å². The van der Waals surface area contributed by atoms with Crippen LogP contribution in [-0.4, -0.2) is 30.6 Å². The van der Waals surface area contributed by atoms with E-state index in [2.05, 4.69) is 10.6 Å². The van der Waals surface area contributed by atoms with Crippen LogP contribution in [0.2, 0.25) is 10.0 Å². The number of carbonyl (C=O) groups is 1. The van der Waals surface area contributed by atoms with Crippen molar-refractivity contribution in [3.05, 3.63) is 98.5 Å². The number of phenolic OH excluding ortho intramolecular Hbond substituents is 1. The van der Waals surface area contributed by atoms with Crippen molar-refractivity contribution in [2.45, 2.75) is 31.1 Å². The molecule has 0 radical (unpaired) electrons. The number of phenols is 1. The van der Waals surface area contributed by atoms with Crippen LogP contribution < -0.4 is 10.6 Å². The third-order valence-electron chi connectivity index (χ3n) is 5.97. The van der Waals surface area contributed by atoms with Crippen molar-refractivity contribution in [2.24, 2.45) is 0 Å². The Hall–Kier alpha value is -2.95. The lowest BCUT2D eigenvalue weighted by atomic mass is 9.95. The molecule has 0 heterocycles. The number of alkyl halides is 6. The molecule has 1 unspecified atom stereocenters. The molecule has 0 aromatic heterocycles. The molecule has 0 bridgehead atoms. The molecule has 3 rings (SSSR count). The van der Waals surface area contributed by atoms with Crippen molar-refractivity contribution < 1.29 is 36.2 Å². The van der Waals surface area contributed by atoms with Crippen molar-refractivity contribution in [1.82, 2.24) is 10.6 Å². The minimum atomic E-state index is -5.06. The van der Waals surface area contributed by atoms with Gasteiger partial charge in [0.25, 0.3) is 5.91 Å². The normalized spacial score (nSPS) is 12.8. The van der Waals surface area contributed by atoms with E-state index in [1.165, 1.54) is 0 Å². The third kappa shape index (κ3) is 9.05. The fourth-order valence-corrected chi connectivity index (χ4v) is 4.16. The molecule has 0 aliphatic heterocycles. The number of carbonyl (C=O) groups excluding carboxylic acids is 1. The lowest BCUT2D eigenvalue weighted by molar-refractivity contribution is -0.143. The predicted molar refractivity (Wildman–Crippen MR) is 137 cm³/mol. The minimum absolute atomic E-state index is 0.0286. The number of halogens is 8. The van der Waals surface area contributed by atoms with Crippen molar-refractivity contribution in [3.8, 4) is 5.75 Å². The van der Waals surface area contributed by atoms with Crippen molar-refractivity contribution in [2.75, 3.05) is 19.6 Å². The molecular formula is C27H24Cl2F6N2O2. The van der Waals surface area contributed by atoms with Crippen molar-refractivity contribution >= 4 is 29.1 Å². The molecule has 0 fully saturated rings. The van der Waals surface area contributed by atoms with Gasteiger partial charge in [-0.2, -0.15) is 26.3 Å². The number of aromatic hydroxyl groups is 1. The molecule has 0 aliphatic rings. The number of hydrogen-bond acceptors (Lipinski definition) is 3. The van der Waals surface area contributed by atoms with E-state index in [9.17, 15) is 36.2 Å². The molecule has 39 heavy (non-hydrogen) atoms. The summed E-state index contributed by atoms with van der Waals surface area (Å²) in [6.45, 7) is 1.02. The Bertz CT molecular complexity index is 1250. The predicted octanol–water partition coefficient (Wildman–Crippen LogP) is 7.47. The molecule has 3 aromatic rings. The van der Waals surface area contributed by atoms with Gasteiger partial charge in [0.15, 0.2) is 0 Å². The molecular weight excluding hydrogens is 569 g/mol. The fraction of sp³-hybridized carbons (Fsp3) is 0.296. The summed E-state index contributed by atoms with van der Waals surface area (Å²) < 4.78 is 79.2. The molecule has 210 valence electrons. The molecule has 0 saturated heterocycles. The van der Waals surface area contributed by atoms with Crippen molar-refractivity contribution in [3.63, 3.8) is 0 Å². The molecule has 3 N–H and O–H groups in total. The van der Waals surface area contributed by atoms with Crippen LogP contribution in [0.15, 0.2) is 60.7 Å². The van der Waals surface area contributed by atoms with Gasteiger partial charge >= 0.3 is 12.4 Å². The summed E-state index contributed by atoms with van der Waals surface area (Å²) in [6, 6.07) is 12.4. The maximum atomic E-state index is 13.2. The summed E-state index contributed by atoms with van der Waals surface area (Å²) >= 11 is 12.1. The van der Waals surface area contributed by atoms with Crippen LogP contribution in [0.25, 0.3) is 0 Å². The summed E-state index contributed by atoms with van der Waals surface area (Å²) in [7, 11) is 0. The highest BCUT2D eigenvalue weighted by atomic mass is 35.5. The topological polar surface area (TPSA) is 61.4 Å². The van der Waals surface area contributed by atoms with Gasteiger partial charge in [-0.05, 0) is 79.5 Å². The van der Waals surface area contributed by atoms with Gasteiger partial charge in [-0.25, -0.2) is 0 Å². The third-order valence-corrected chi connectivity index (χ3v) is 6.71. The first-order valence-electron chi connectivity index (χ1n) is 11.8. The number of nitrogens with one attached hydrogen (secondary N) is 2. The largest absolute Gasteiger partial charge is 0.508 e. The van der Waals surface area contributed by atoms with Crippen LogP contribution >= 0.6 is 23.2 Å². The van der Waals surface area contributed by atoms with Crippen LogP contribution in [-0.2, 0) is 18.8 Å². The average molecular weight is 593 g/mol. The standard InChI is InChI=1S/C27H24Cl2F6N2O2/c28-23-6-3-17(13-24(23)29)18(8-10-36-9-7-16-1-4-22(38)5-2-16)15-37-25(39)19-11-20(26(30,31)32)14-21(12-19)27(33,34)35/h1-6,11-14,18,36,38H,7-10,15H2,(H,37,39). The van der Waals surface area contributed by atoms with Crippen LogP contribution in [0.3, 0.4) is 0 Å². The van der Waals surface area contributed by atoms with Gasteiger partial charge in [-0.3, -0.25) is 4.79 Å². The molecule has 1 atom stereocenters. The Morgan fingerprint density at radius 3 is 2.00 bits per heavy atom. The molecule has 1 amide bonds. The zero-order chi connectivity index (χ0) is 28.8. The molecule has 0 saturated carbocycles. The average Bonchev–Trinajstić information content (AvgIpc) is 2.87. The Morgan fingerprint density at radius 2 is 1.44 bits per heavy atom. The van der Waals surface area contributed by atoms with E-state index in [0.29, 0.717) is 48.6 Å². The van der Waals surface area contributed by atoms with Gasteiger partial charge in [0, 0.05) is 18.0 Å². The first-order valence-corrected chi connectivity index (χ1v) is 12.5. The number of benzene rings is 3. The highest BCUT2D eigenvalue weighted by Crippen LogP contribution is 2.36. The molecule has 4 nitrogen and oxygen atoms in total. The monoisotopic (exact) mass is 592 g/mol. The van der Waals surface area contributed by atoms with E-state index in [1.54, 1.807) is 42.5 Å². The second-order valence-corrected chi connectivity index (χ2v) is 9.64. The van der Waals surface area contributed by atoms with Crippen LogP contribution in [0.4, 0.5) is 26.3 Å². The van der Waals surface area contributed by atoms with Gasteiger partial charge in [0.2, 0.25) is 0 Å². The summed E-state index contributed by atoms with van der Waals surface area (Å²) in [6.07, 6.45) is -8.98. The highest BCUT2D eigenvalue weighted by molar-refractivity contribution is 6.42. The van der Waals surface area contributed by atoms with E-state index < -0.39 is 35.0 Å². The van der Waals surface area contributed by atoms with Gasteiger partial charge < -0.3 is 15.7 Å². The van der Waals surface area contributed by atoms with Crippen LogP contribution in [0.1, 0.15) is 45.0 Å². The lowest BCUT2D eigenvalue weighted by Crippen LogP contribution is -2.31. The maximum absolute atomic E-state index is 13.2. The van der Waals surface area contributed by atoms with E-state index in [1.807, 2.05) is 0 Å². The van der Waals surface area contributed by atoms with E-state index in [4.69, 9.17) is 23.2 Å². The lowest BCUT2D eigenvalue weighted by Gasteiger charge is -2.20. The summed E-state index contributed by atoms with van der Waals surface area (Å²) in [5, 5.41) is 15.7. The SMILES string of the molecule is O=C(NCC(CCNCCc1ccc(O)cc1)c1ccc(Cl)c(Cl)c1)c1cc(C(F)(F)F)cc(C(F)(F)F)c1. The molecule has 0 aliphatic carbocycles. The van der Waals surface area contributed by atoms with Crippen molar-refractivity contribution in [1.29, 1.82) is 0 Å². The van der Waals surface area contributed by atoms with Gasteiger partial charge in [0.05, 0.1) is 21.2 Å². The second kappa shape index (κ2) is 12.9. The zero-order valence-electron chi connectivity index (χ0n) is 20.3. The Labute approximate surface area is 230 Å². The smallest absolute Gasteiger partial charge is 0.416 e. The first-order chi connectivity index (χ1) is 18.2. The molecule has 0 spiro atoms. The molecule has 3 aromatic carbocycles. The fourth-order valence-electron chi connectivity index (χ4n) is 3.85. The van der Waals surface area contributed by atoms with Crippen LogP contribution in [0, 0.1) is 0 Å². The second-order valence-electron chi connectivity index (χ2n) is 8.83.